The van der Waals surface area contributed by atoms with Crippen LogP contribution < -0.4 is 9.80 Å². The van der Waals surface area contributed by atoms with E-state index in [0.717, 1.165) is 48.5 Å². The number of amides is 4. The molecule has 0 unspecified atom stereocenters. The van der Waals surface area contributed by atoms with Crippen LogP contribution in [0.4, 0.5) is 37.7 Å². The Morgan fingerprint density at radius 3 is 1.02 bits per heavy atom. The molecule has 6 rings (SSSR count). The van der Waals surface area contributed by atoms with Gasteiger partial charge in [-0.1, -0.05) is 23.2 Å². The SMILES string of the molecule is O=C1c2ccc3c4c(ccc(c24)C(=O)N1c1ccc(Cl)cc1C(F)(F)F)C(=O)N(c1ccc(Cl)cc1C(F)(F)F)C3=O. The van der Waals surface area contributed by atoms with Crippen LogP contribution in [0.1, 0.15) is 52.6 Å². The Morgan fingerprint density at radius 2 is 0.762 bits per heavy atom. The fourth-order valence-corrected chi connectivity index (χ4v) is 5.52. The summed E-state index contributed by atoms with van der Waals surface area (Å²) in [7, 11) is 0. The monoisotopic (exact) mass is 622 g/mol. The first kappa shape index (κ1) is 27.7. The van der Waals surface area contributed by atoms with Crippen molar-refractivity contribution in [1.29, 1.82) is 0 Å². The third kappa shape index (κ3) is 3.97. The number of rotatable bonds is 2. The predicted octanol–water partition coefficient (Wildman–Crippen LogP) is 7.79. The molecular weight excluding hydrogens is 613 g/mol. The van der Waals surface area contributed by atoms with Crippen molar-refractivity contribution in [3.63, 3.8) is 0 Å². The van der Waals surface area contributed by atoms with Crippen LogP contribution in [0.2, 0.25) is 10.0 Å². The lowest BCUT2D eigenvalue weighted by Crippen LogP contribution is -2.44. The van der Waals surface area contributed by atoms with Crippen LogP contribution in [0.15, 0.2) is 60.7 Å². The third-order valence-electron chi connectivity index (χ3n) is 6.90. The summed E-state index contributed by atoms with van der Waals surface area (Å²) in [6, 6.07) is 9.25. The van der Waals surface area contributed by atoms with E-state index < -0.39 is 58.5 Å². The summed E-state index contributed by atoms with van der Waals surface area (Å²) in [5.74, 6) is -4.71. The summed E-state index contributed by atoms with van der Waals surface area (Å²) in [5.41, 5.74) is -5.49. The van der Waals surface area contributed by atoms with Crippen molar-refractivity contribution in [2.24, 2.45) is 0 Å². The van der Waals surface area contributed by atoms with Gasteiger partial charge < -0.3 is 0 Å². The molecule has 0 bridgehead atoms. The van der Waals surface area contributed by atoms with E-state index in [9.17, 15) is 45.5 Å². The Morgan fingerprint density at radius 1 is 0.476 bits per heavy atom. The Balaban J connectivity index is 1.55. The van der Waals surface area contributed by atoms with Gasteiger partial charge in [-0.2, -0.15) is 26.3 Å². The number of anilines is 2. The molecule has 42 heavy (non-hydrogen) atoms. The van der Waals surface area contributed by atoms with E-state index in [1.54, 1.807) is 0 Å². The zero-order valence-electron chi connectivity index (χ0n) is 20.3. The second-order valence-corrected chi connectivity index (χ2v) is 10.2. The molecule has 0 spiro atoms. The molecule has 4 amide bonds. The van der Waals surface area contributed by atoms with E-state index in [1.165, 1.54) is 0 Å². The molecule has 0 saturated carbocycles. The second kappa shape index (κ2) is 9.04. The van der Waals surface area contributed by atoms with Gasteiger partial charge in [-0.25, -0.2) is 9.80 Å². The minimum Gasteiger partial charge on any atom is -0.268 e. The van der Waals surface area contributed by atoms with Gasteiger partial charge in [-0.15, -0.1) is 0 Å². The van der Waals surface area contributed by atoms with Gasteiger partial charge in [0.15, 0.2) is 0 Å². The molecule has 0 saturated heterocycles. The van der Waals surface area contributed by atoms with E-state index in [2.05, 4.69) is 0 Å². The molecule has 0 aromatic heterocycles. The highest BCUT2D eigenvalue weighted by molar-refractivity contribution is 6.42. The van der Waals surface area contributed by atoms with Crippen LogP contribution in [0.25, 0.3) is 10.8 Å². The average Bonchev–Trinajstić information content (AvgIpc) is 2.91. The lowest BCUT2D eigenvalue weighted by Gasteiger charge is -2.33. The molecule has 14 heteroatoms. The summed E-state index contributed by atoms with van der Waals surface area (Å²) < 4.78 is 83.1. The van der Waals surface area contributed by atoms with Crippen molar-refractivity contribution >= 4 is 69.0 Å². The highest BCUT2D eigenvalue weighted by Crippen LogP contribution is 2.45. The Bertz CT molecular complexity index is 1730. The lowest BCUT2D eigenvalue weighted by atomic mass is 9.85. The summed E-state index contributed by atoms with van der Waals surface area (Å²) in [5, 5.41) is -0.963. The minimum absolute atomic E-state index is 0.188. The molecule has 2 heterocycles. The van der Waals surface area contributed by atoms with Gasteiger partial charge in [0.05, 0.1) is 22.5 Å². The number of halogens is 8. The fraction of sp³-hybridized carbons (Fsp3) is 0.0714. The average molecular weight is 623 g/mol. The number of imide groups is 2. The maximum Gasteiger partial charge on any atom is 0.418 e. The van der Waals surface area contributed by atoms with Crippen LogP contribution in [-0.4, -0.2) is 23.6 Å². The first-order valence-electron chi connectivity index (χ1n) is 11.7. The highest BCUT2D eigenvalue weighted by atomic mass is 35.5. The normalized spacial score (nSPS) is 15.2. The van der Waals surface area contributed by atoms with Gasteiger partial charge in [0, 0.05) is 43.1 Å². The van der Waals surface area contributed by atoms with Crippen molar-refractivity contribution in [3.8, 4) is 0 Å². The molecule has 0 fully saturated rings. The molecule has 4 aromatic carbocycles. The third-order valence-corrected chi connectivity index (χ3v) is 7.37. The highest BCUT2D eigenvalue weighted by Gasteiger charge is 2.45. The molecule has 6 nitrogen and oxygen atoms in total. The van der Waals surface area contributed by atoms with Gasteiger partial charge in [0.25, 0.3) is 23.6 Å². The topological polar surface area (TPSA) is 74.8 Å². The van der Waals surface area contributed by atoms with Crippen LogP contribution in [-0.2, 0) is 12.4 Å². The molecule has 0 aliphatic carbocycles. The van der Waals surface area contributed by atoms with Gasteiger partial charge >= 0.3 is 12.4 Å². The van der Waals surface area contributed by atoms with Gasteiger partial charge in [0.1, 0.15) is 0 Å². The standard InChI is InChI=1S/C28H10Cl2F6N2O4/c29-11-1-7-19(17(9-11)27(31,32)33)37-23(39)13-3-5-15-22-16(6-4-14(21(13)22)24(37)40)26(42)38(25(15)41)20-8-2-12(30)10-18(20)28(34,35)36/h1-10H. The molecule has 0 atom stereocenters. The van der Waals surface area contributed by atoms with Crippen LogP contribution in [0, 0.1) is 0 Å². The smallest absolute Gasteiger partial charge is 0.268 e. The van der Waals surface area contributed by atoms with Gasteiger partial charge in [0.2, 0.25) is 0 Å². The minimum atomic E-state index is -5.00. The fourth-order valence-electron chi connectivity index (χ4n) is 5.17. The Kier molecular flexibility index (Phi) is 5.97. The van der Waals surface area contributed by atoms with E-state index in [-0.39, 0.29) is 43.1 Å². The van der Waals surface area contributed by atoms with Crippen LogP contribution in [0.5, 0.6) is 0 Å². The maximum atomic E-state index is 13.8. The van der Waals surface area contributed by atoms with Crippen LogP contribution >= 0.6 is 23.2 Å². The van der Waals surface area contributed by atoms with Crippen LogP contribution in [0.3, 0.4) is 0 Å². The van der Waals surface area contributed by atoms with Gasteiger partial charge in [-0.3, -0.25) is 19.2 Å². The summed E-state index contributed by atoms with van der Waals surface area (Å²) >= 11 is 11.5. The lowest BCUT2D eigenvalue weighted by molar-refractivity contribution is -0.137. The summed E-state index contributed by atoms with van der Waals surface area (Å²) in [6.07, 6.45) is -9.99. The van der Waals surface area contributed by atoms with Crippen molar-refractivity contribution in [1.82, 2.24) is 0 Å². The number of carbonyl (C=O) groups excluding carboxylic acids is 4. The zero-order chi connectivity index (χ0) is 30.5. The predicted molar refractivity (Wildman–Crippen MR) is 139 cm³/mol. The van der Waals surface area contributed by atoms with E-state index >= 15 is 0 Å². The Hall–Kier alpha value is -4.42. The molecule has 2 aliphatic heterocycles. The second-order valence-electron chi connectivity index (χ2n) is 9.28. The molecule has 4 aromatic rings. The maximum absolute atomic E-state index is 13.8. The van der Waals surface area contributed by atoms with E-state index in [0.29, 0.717) is 21.9 Å². The van der Waals surface area contributed by atoms with Crippen molar-refractivity contribution in [2.75, 3.05) is 9.80 Å². The van der Waals surface area contributed by atoms with Gasteiger partial charge in [-0.05, 0) is 60.7 Å². The van der Waals surface area contributed by atoms with E-state index in [1.807, 2.05) is 0 Å². The summed E-state index contributed by atoms with van der Waals surface area (Å²) in [4.78, 5) is 54.8. The molecule has 0 radical (unpaired) electrons. The number of carbonyl (C=O) groups is 4. The molecular formula is C28H10Cl2F6N2O4. The molecule has 2 aliphatic rings. The quantitative estimate of drug-likeness (QED) is 0.169. The van der Waals surface area contributed by atoms with E-state index in [4.69, 9.17) is 23.2 Å². The zero-order valence-corrected chi connectivity index (χ0v) is 21.8. The molecule has 0 N–H and O–H groups in total. The number of alkyl halides is 6. The number of benzene rings is 4. The number of hydrogen-bond acceptors (Lipinski definition) is 4. The first-order chi connectivity index (χ1) is 19.6. The number of hydrogen-bond donors (Lipinski definition) is 0. The Labute approximate surface area is 240 Å². The number of nitrogens with zero attached hydrogens (tertiary/aromatic N) is 2. The van der Waals surface area contributed by atoms with Crippen molar-refractivity contribution in [3.05, 3.63) is 104 Å². The van der Waals surface area contributed by atoms with Crippen molar-refractivity contribution in [2.45, 2.75) is 12.4 Å². The van der Waals surface area contributed by atoms with Crippen molar-refractivity contribution < 1.29 is 45.5 Å². The molecule has 212 valence electrons. The largest absolute Gasteiger partial charge is 0.418 e. The summed E-state index contributed by atoms with van der Waals surface area (Å²) in [6.45, 7) is 0. The first-order valence-corrected chi connectivity index (χ1v) is 12.5.